The van der Waals surface area contributed by atoms with E-state index in [0.717, 1.165) is 29.6 Å². The maximum absolute atomic E-state index is 12.3. The standard InChI is InChI=1S/C26H26BrN3O2/c1-18-22(6-5-8-26(31)29-25-7-3-4-15-28-25)23-16-21(32-2)13-14-24(23)30(18)17-19-9-11-20(27)12-10-19/h3-4,7,9-16H,5-6,8,17H2,1-2H3,(H,28,29,31). The van der Waals surface area contributed by atoms with Crippen LogP contribution >= 0.6 is 15.9 Å². The van der Waals surface area contributed by atoms with Gasteiger partial charge >= 0.3 is 0 Å². The van der Waals surface area contributed by atoms with Crippen molar-refractivity contribution in [3.05, 3.63) is 88.2 Å². The number of pyridine rings is 1. The van der Waals surface area contributed by atoms with Crippen LogP contribution in [0.4, 0.5) is 5.82 Å². The summed E-state index contributed by atoms with van der Waals surface area (Å²) in [5, 5.41) is 4.05. The van der Waals surface area contributed by atoms with E-state index in [2.05, 4.69) is 74.1 Å². The topological polar surface area (TPSA) is 56.1 Å². The van der Waals surface area contributed by atoms with Crippen molar-refractivity contribution in [1.29, 1.82) is 0 Å². The van der Waals surface area contributed by atoms with Crippen LogP contribution in [-0.2, 0) is 17.8 Å². The summed E-state index contributed by atoms with van der Waals surface area (Å²) in [6, 6.07) is 20.1. The molecule has 0 unspecified atom stereocenters. The summed E-state index contributed by atoms with van der Waals surface area (Å²) in [5.74, 6) is 1.41. The van der Waals surface area contributed by atoms with E-state index < -0.39 is 0 Å². The number of carbonyl (C=O) groups excluding carboxylic acids is 1. The lowest BCUT2D eigenvalue weighted by atomic mass is 10.0. The van der Waals surface area contributed by atoms with Crippen molar-refractivity contribution in [2.45, 2.75) is 32.7 Å². The fourth-order valence-electron chi connectivity index (χ4n) is 4.02. The van der Waals surface area contributed by atoms with Crippen LogP contribution in [0.15, 0.2) is 71.3 Å². The molecule has 0 atom stereocenters. The van der Waals surface area contributed by atoms with Gasteiger partial charge < -0.3 is 14.6 Å². The lowest BCUT2D eigenvalue weighted by Crippen LogP contribution is -2.12. The third-order valence-corrected chi connectivity index (χ3v) is 6.21. The minimum absolute atomic E-state index is 0.0162. The highest BCUT2D eigenvalue weighted by atomic mass is 79.9. The second-order valence-electron chi connectivity index (χ2n) is 7.78. The number of aromatic nitrogens is 2. The van der Waals surface area contributed by atoms with Crippen LogP contribution in [0.3, 0.4) is 0 Å². The fourth-order valence-corrected chi connectivity index (χ4v) is 4.28. The van der Waals surface area contributed by atoms with Gasteiger partial charge in [-0.15, -0.1) is 0 Å². The zero-order chi connectivity index (χ0) is 22.5. The first-order valence-corrected chi connectivity index (χ1v) is 11.5. The van der Waals surface area contributed by atoms with Crippen molar-refractivity contribution in [2.24, 2.45) is 0 Å². The van der Waals surface area contributed by atoms with Gasteiger partial charge in [-0.3, -0.25) is 4.79 Å². The van der Waals surface area contributed by atoms with Crippen molar-refractivity contribution in [2.75, 3.05) is 12.4 Å². The lowest BCUT2D eigenvalue weighted by molar-refractivity contribution is -0.116. The predicted molar refractivity (Wildman–Crippen MR) is 132 cm³/mol. The monoisotopic (exact) mass is 491 g/mol. The third kappa shape index (κ3) is 5.02. The number of halogens is 1. The summed E-state index contributed by atoms with van der Waals surface area (Å²) in [5.41, 5.74) is 4.91. The first-order chi connectivity index (χ1) is 15.5. The summed E-state index contributed by atoms with van der Waals surface area (Å²) in [4.78, 5) is 16.5. The quantitative estimate of drug-likeness (QED) is 0.322. The molecule has 0 aliphatic heterocycles. The van der Waals surface area contributed by atoms with Gasteiger partial charge in [0.2, 0.25) is 5.91 Å². The van der Waals surface area contributed by atoms with E-state index in [1.165, 1.54) is 27.7 Å². The van der Waals surface area contributed by atoms with Gasteiger partial charge in [0.1, 0.15) is 11.6 Å². The van der Waals surface area contributed by atoms with Crippen molar-refractivity contribution >= 4 is 38.6 Å². The molecule has 0 fully saturated rings. The minimum Gasteiger partial charge on any atom is -0.497 e. The Bertz CT molecular complexity index is 1220. The number of amides is 1. The van der Waals surface area contributed by atoms with E-state index in [1.54, 1.807) is 19.4 Å². The van der Waals surface area contributed by atoms with Gasteiger partial charge in [0, 0.05) is 40.2 Å². The molecular weight excluding hydrogens is 466 g/mol. The Morgan fingerprint density at radius 3 is 2.66 bits per heavy atom. The summed E-state index contributed by atoms with van der Waals surface area (Å²) in [6.45, 7) is 2.96. The van der Waals surface area contributed by atoms with Gasteiger partial charge in [-0.2, -0.15) is 0 Å². The summed E-state index contributed by atoms with van der Waals surface area (Å²) in [6.07, 6.45) is 3.69. The average Bonchev–Trinajstić information content (AvgIpc) is 3.06. The highest BCUT2D eigenvalue weighted by Crippen LogP contribution is 2.31. The van der Waals surface area contributed by atoms with Crippen LogP contribution < -0.4 is 10.1 Å². The molecule has 1 amide bonds. The molecule has 4 rings (SSSR count). The Morgan fingerprint density at radius 2 is 1.94 bits per heavy atom. The van der Waals surface area contributed by atoms with E-state index in [0.29, 0.717) is 12.2 Å². The van der Waals surface area contributed by atoms with Crippen molar-refractivity contribution in [3.63, 3.8) is 0 Å². The number of nitrogens with one attached hydrogen (secondary N) is 1. The molecule has 0 bridgehead atoms. The number of carbonyl (C=O) groups is 1. The predicted octanol–water partition coefficient (Wildman–Crippen LogP) is 6.13. The summed E-state index contributed by atoms with van der Waals surface area (Å²) in [7, 11) is 1.69. The maximum Gasteiger partial charge on any atom is 0.225 e. The Kier molecular flexibility index (Phi) is 6.90. The van der Waals surface area contributed by atoms with Gasteiger partial charge in [0.15, 0.2) is 0 Å². The lowest BCUT2D eigenvalue weighted by Gasteiger charge is -2.10. The summed E-state index contributed by atoms with van der Waals surface area (Å²) >= 11 is 3.51. The molecular formula is C26H26BrN3O2. The molecule has 2 heterocycles. The summed E-state index contributed by atoms with van der Waals surface area (Å²) < 4.78 is 8.90. The van der Waals surface area contributed by atoms with Crippen molar-refractivity contribution in [1.82, 2.24) is 9.55 Å². The molecule has 6 heteroatoms. The average molecular weight is 492 g/mol. The molecule has 2 aromatic heterocycles. The smallest absolute Gasteiger partial charge is 0.225 e. The molecule has 0 spiro atoms. The third-order valence-electron chi connectivity index (χ3n) is 5.68. The molecule has 0 saturated heterocycles. The molecule has 1 N–H and O–H groups in total. The number of ether oxygens (including phenoxy) is 1. The fraction of sp³-hybridized carbons (Fsp3) is 0.231. The number of aryl methyl sites for hydroxylation is 1. The number of benzene rings is 2. The van der Waals surface area contributed by atoms with E-state index in [1.807, 2.05) is 18.2 Å². The Labute approximate surface area is 196 Å². The van der Waals surface area contributed by atoms with E-state index in [4.69, 9.17) is 4.74 Å². The molecule has 4 aromatic rings. The molecule has 164 valence electrons. The number of anilines is 1. The number of methoxy groups -OCH3 is 1. The van der Waals surface area contributed by atoms with E-state index in [9.17, 15) is 4.79 Å². The maximum atomic E-state index is 12.3. The van der Waals surface area contributed by atoms with Crippen LogP contribution in [0.5, 0.6) is 5.75 Å². The van der Waals surface area contributed by atoms with E-state index in [-0.39, 0.29) is 5.91 Å². The van der Waals surface area contributed by atoms with Crippen molar-refractivity contribution in [3.8, 4) is 5.75 Å². The number of rotatable bonds is 8. The first kappa shape index (κ1) is 22.1. The number of hydrogen-bond acceptors (Lipinski definition) is 3. The highest BCUT2D eigenvalue weighted by molar-refractivity contribution is 9.10. The van der Waals surface area contributed by atoms with Gasteiger partial charge in [-0.25, -0.2) is 4.98 Å². The van der Waals surface area contributed by atoms with Crippen LogP contribution in [0.2, 0.25) is 0 Å². The molecule has 0 aliphatic rings. The Hall–Kier alpha value is -3.12. The van der Waals surface area contributed by atoms with Crippen LogP contribution in [0.1, 0.15) is 29.7 Å². The molecule has 32 heavy (non-hydrogen) atoms. The number of nitrogens with zero attached hydrogens (tertiary/aromatic N) is 2. The molecule has 0 radical (unpaired) electrons. The van der Waals surface area contributed by atoms with E-state index >= 15 is 0 Å². The van der Waals surface area contributed by atoms with Crippen LogP contribution in [0.25, 0.3) is 10.9 Å². The van der Waals surface area contributed by atoms with Gasteiger partial charge in [0.05, 0.1) is 7.11 Å². The largest absolute Gasteiger partial charge is 0.497 e. The Morgan fingerprint density at radius 1 is 1.12 bits per heavy atom. The second-order valence-corrected chi connectivity index (χ2v) is 8.69. The van der Waals surface area contributed by atoms with Crippen LogP contribution in [-0.4, -0.2) is 22.6 Å². The number of hydrogen-bond donors (Lipinski definition) is 1. The molecule has 2 aromatic carbocycles. The second kappa shape index (κ2) is 10.0. The Balaban J connectivity index is 1.55. The van der Waals surface area contributed by atoms with Gasteiger partial charge in [0.25, 0.3) is 0 Å². The SMILES string of the molecule is COc1ccc2c(c1)c(CCCC(=O)Nc1ccccn1)c(C)n2Cc1ccc(Br)cc1. The van der Waals surface area contributed by atoms with Crippen molar-refractivity contribution < 1.29 is 9.53 Å². The molecule has 0 aliphatic carbocycles. The number of fused-ring (bicyclic) bond motifs is 1. The normalized spacial score (nSPS) is 11.0. The molecule has 5 nitrogen and oxygen atoms in total. The van der Waals surface area contributed by atoms with Crippen LogP contribution in [0, 0.1) is 6.92 Å². The highest BCUT2D eigenvalue weighted by Gasteiger charge is 2.16. The zero-order valence-electron chi connectivity index (χ0n) is 18.3. The first-order valence-electron chi connectivity index (χ1n) is 10.7. The molecule has 0 saturated carbocycles. The minimum atomic E-state index is -0.0162. The van der Waals surface area contributed by atoms with Gasteiger partial charge in [-0.1, -0.05) is 34.1 Å². The zero-order valence-corrected chi connectivity index (χ0v) is 19.9. The van der Waals surface area contributed by atoms with Gasteiger partial charge in [-0.05, 0) is 73.4 Å².